The molecule has 60 valence electrons. The topological polar surface area (TPSA) is 86.9 Å². The van der Waals surface area contributed by atoms with Gasteiger partial charge in [-0.2, -0.15) is 14.0 Å². The lowest BCUT2D eigenvalue weighted by Crippen LogP contribution is -1.98. The summed E-state index contributed by atoms with van der Waals surface area (Å²) in [5.74, 6) is -1.14. The van der Waals surface area contributed by atoms with Crippen LogP contribution in [-0.4, -0.2) is 19.8 Å². The molecule has 0 aliphatic heterocycles. The molecule has 0 spiro atoms. The largest absolute Gasteiger partial charge is 0.476 e. The van der Waals surface area contributed by atoms with Crippen LogP contribution in [0.3, 0.4) is 0 Å². The maximum absolute atomic E-state index is 10.4. The number of hydrogen-bond donors (Lipinski definition) is 1. The van der Waals surface area contributed by atoms with E-state index in [1.165, 1.54) is 6.08 Å². The van der Waals surface area contributed by atoms with Gasteiger partial charge in [-0.1, -0.05) is 0 Å². The lowest BCUT2D eigenvalue weighted by molar-refractivity contribution is 0.0691. The third kappa shape index (κ3) is 1.65. The Labute approximate surface area is 71.9 Å². The van der Waals surface area contributed by atoms with Crippen molar-refractivity contribution in [3.8, 4) is 6.07 Å². The Morgan fingerprint density at radius 1 is 1.67 bits per heavy atom. The highest BCUT2D eigenvalue weighted by Gasteiger charge is 2.11. The standard InChI is InChI=1S/C6H3N3O2S/c7-3-1-2-4-5(6(10)11)9-12-8-4/h1-2H,(H,10,11)/b2-1-. The van der Waals surface area contributed by atoms with Gasteiger partial charge in [-0.25, -0.2) is 4.79 Å². The molecule has 0 bridgehead atoms. The van der Waals surface area contributed by atoms with Gasteiger partial charge >= 0.3 is 5.97 Å². The molecule has 5 nitrogen and oxygen atoms in total. The number of nitrogens with zero attached hydrogens (tertiary/aromatic N) is 3. The predicted octanol–water partition coefficient (Wildman–Crippen LogP) is 0.773. The Kier molecular flexibility index (Phi) is 2.50. The Bertz CT molecular complexity index is 363. The van der Waals surface area contributed by atoms with E-state index in [0.29, 0.717) is 0 Å². The molecule has 0 radical (unpaired) electrons. The number of hydrogen-bond acceptors (Lipinski definition) is 5. The Morgan fingerprint density at radius 2 is 2.42 bits per heavy atom. The molecule has 0 saturated heterocycles. The van der Waals surface area contributed by atoms with Gasteiger partial charge in [0.15, 0.2) is 5.69 Å². The fourth-order valence-electron chi connectivity index (χ4n) is 0.569. The number of aromatic nitrogens is 2. The fraction of sp³-hybridized carbons (Fsp3) is 0. The molecule has 0 aliphatic carbocycles. The summed E-state index contributed by atoms with van der Waals surface area (Å²) in [6.45, 7) is 0. The van der Waals surface area contributed by atoms with Crippen molar-refractivity contribution in [3.63, 3.8) is 0 Å². The maximum Gasteiger partial charge on any atom is 0.357 e. The first-order valence-electron chi connectivity index (χ1n) is 2.87. The van der Waals surface area contributed by atoms with Crippen LogP contribution in [0.4, 0.5) is 0 Å². The molecular formula is C6H3N3O2S. The molecule has 1 N–H and O–H groups in total. The number of nitriles is 1. The average molecular weight is 181 g/mol. The van der Waals surface area contributed by atoms with Crippen molar-refractivity contribution < 1.29 is 9.90 Å². The summed E-state index contributed by atoms with van der Waals surface area (Å²) in [4.78, 5) is 10.4. The van der Waals surface area contributed by atoms with Gasteiger partial charge in [0.1, 0.15) is 5.69 Å². The zero-order valence-corrected chi connectivity index (χ0v) is 6.58. The van der Waals surface area contributed by atoms with Gasteiger partial charge in [-0.15, -0.1) is 0 Å². The van der Waals surface area contributed by atoms with Crippen LogP contribution in [0.2, 0.25) is 0 Å². The average Bonchev–Trinajstić information content (AvgIpc) is 2.48. The van der Waals surface area contributed by atoms with Crippen molar-refractivity contribution in [2.75, 3.05) is 0 Å². The zero-order chi connectivity index (χ0) is 8.97. The number of allylic oxidation sites excluding steroid dienone is 1. The van der Waals surface area contributed by atoms with Crippen LogP contribution in [0.1, 0.15) is 16.2 Å². The van der Waals surface area contributed by atoms with Crippen LogP contribution < -0.4 is 0 Å². The molecule has 0 saturated carbocycles. The smallest absolute Gasteiger partial charge is 0.357 e. The molecule has 0 fully saturated rings. The second kappa shape index (κ2) is 3.59. The number of carbonyl (C=O) groups is 1. The highest BCUT2D eigenvalue weighted by molar-refractivity contribution is 6.99. The first kappa shape index (κ1) is 8.36. The molecule has 0 aromatic carbocycles. The van der Waals surface area contributed by atoms with E-state index >= 15 is 0 Å². The maximum atomic E-state index is 10.4. The second-order valence-electron chi connectivity index (χ2n) is 1.77. The summed E-state index contributed by atoms with van der Waals surface area (Å²) in [6, 6.07) is 1.74. The van der Waals surface area contributed by atoms with Crippen LogP contribution in [0, 0.1) is 11.3 Å². The van der Waals surface area contributed by atoms with Crippen molar-refractivity contribution in [1.82, 2.24) is 8.75 Å². The highest BCUT2D eigenvalue weighted by Crippen LogP contribution is 2.07. The summed E-state index contributed by atoms with van der Waals surface area (Å²) >= 11 is 0.803. The van der Waals surface area contributed by atoms with Gasteiger partial charge in [-0.05, 0) is 6.08 Å². The normalized spacial score (nSPS) is 9.92. The minimum atomic E-state index is -1.14. The van der Waals surface area contributed by atoms with Gasteiger partial charge in [0.05, 0.1) is 17.8 Å². The van der Waals surface area contributed by atoms with E-state index in [0.717, 1.165) is 17.8 Å². The third-order valence-corrected chi connectivity index (χ3v) is 1.57. The lowest BCUT2D eigenvalue weighted by atomic mass is 10.3. The zero-order valence-electron chi connectivity index (χ0n) is 5.76. The van der Waals surface area contributed by atoms with Crippen molar-refractivity contribution >= 4 is 23.8 Å². The summed E-state index contributed by atoms with van der Waals surface area (Å²) in [7, 11) is 0. The van der Waals surface area contributed by atoms with Crippen molar-refractivity contribution in [1.29, 1.82) is 5.26 Å². The van der Waals surface area contributed by atoms with E-state index in [4.69, 9.17) is 10.4 Å². The first-order chi connectivity index (χ1) is 5.75. The van der Waals surface area contributed by atoms with Crippen molar-refractivity contribution in [2.45, 2.75) is 0 Å². The summed E-state index contributed by atoms with van der Waals surface area (Å²) in [5.41, 5.74) is 0.0977. The molecule has 6 heteroatoms. The molecule has 1 aromatic heterocycles. The Morgan fingerprint density at radius 3 is 3.00 bits per heavy atom. The molecule has 12 heavy (non-hydrogen) atoms. The quantitative estimate of drug-likeness (QED) is 0.681. The highest BCUT2D eigenvalue weighted by atomic mass is 32.1. The Balaban J connectivity index is 3.01. The van der Waals surface area contributed by atoms with E-state index in [-0.39, 0.29) is 11.4 Å². The van der Waals surface area contributed by atoms with Gasteiger partial charge < -0.3 is 5.11 Å². The summed E-state index contributed by atoms with van der Waals surface area (Å²) < 4.78 is 7.23. The minimum absolute atomic E-state index is 0.119. The van der Waals surface area contributed by atoms with Gasteiger partial charge in [0.25, 0.3) is 0 Å². The number of carboxylic acid groups (broad SMARTS) is 1. The van der Waals surface area contributed by atoms with Crippen molar-refractivity contribution in [2.24, 2.45) is 0 Å². The molecule has 0 aliphatic rings. The Hall–Kier alpha value is -1.74. The summed E-state index contributed by atoms with van der Waals surface area (Å²) in [6.07, 6.45) is 2.47. The van der Waals surface area contributed by atoms with Crippen molar-refractivity contribution in [3.05, 3.63) is 17.5 Å². The van der Waals surface area contributed by atoms with Crippen LogP contribution >= 0.6 is 11.7 Å². The van der Waals surface area contributed by atoms with E-state index in [1.54, 1.807) is 6.07 Å². The minimum Gasteiger partial charge on any atom is -0.476 e. The predicted molar refractivity (Wildman–Crippen MR) is 41.5 cm³/mol. The number of carboxylic acids is 1. The molecular weight excluding hydrogens is 178 g/mol. The molecule has 0 atom stereocenters. The van der Waals surface area contributed by atoms with Gasteiger partial charge in [-0.3, -0.25) is 0 Å². The SMILES string of the molecule is N#C/C=C\c1nsnc1C(=O)O. The van der Waals surface area contributed by atoms with Crippen LogP contribution in [0.15, 0.2) is 6.08 Å². The molecule has 1 aromatic rings. The molecule has 1 rings (SSSR count). The molecule has 1 heterocycles. The van der Waals surface area contributed by atoms with Crippen LogP contribution in [-0.2, 0) is 0 Å². The monoisotopic (exact) mass is 181 g/mol. The number of aromatic carboxylic acids is 1. The molecule has 0 amide bonds. The third-order valence-electron chi connectivity index (χ3n) is 1.03. The van der Waals surface area contributed by atoms with E-state index in [9.17, 15) is 4.79 Å². The van der Waals surface area contributed by atoms with E-state index < -0.39 is 5.97 Å². The fourth-order valence-corrected chi connectivity index (χ4v) is 1.10. The van der Waals surface area contributed by atoms with Crippen LogP contribution in [0.5, 0.6) is 0 Å². The van der Waals surface area contributed by atoms with E-state index in [1.807, 2.05) is 0 Å². The molecule has 0 unspecified atom stereocenters. The number of rotatable bonds is 2. The first-order valence-corrected chi connectivity index (χ1v) is 3.60. The van der Waals surface area contributed by atoms with Crippen LogP contribution in [0.25, 0.3) is 6.08 Å². The lowest BCUT2D eigenvalue weighted by Gasteiger charge is -1.84. The van der Waals surface area contributed by atoms with E-state index in [2.05, 4.69) is 8.75 Å². The summed E-state index contributed by atoms with van der Waals surface area (Å²) in [5, 5.41) is 16.7. The van der Waals surface area contributed by atoms with Gasteiger partial charge in [0, 0.05) is 6.08 Å². The van der Waals surface area contributed by atoms with Gasteiger partial charge in [0.2, 0.25) is 0 Å². The second-order valence-corrected chi connectivity index (χ2v) is 2.29.